The topological polar surface area (TPSA) is 67.4 Å². The average molecular weight is 381 g/mol. The molecule has 2 heterocycles. The first-order chi connectivity index (χ1) is 11.9. The molecule has 5 nitrogen and oxygen atoms in total. The lowest BCUT2D eigenvalue weighted by molar-refractivity contribution is -0.115. The molecule has 2 aromatic rings. The van der Waals surface area contributed by atoms with E-state index in [-0.39, 0.29) is 24.5 Å². The van der Waals surface area contributed by atoms with Crippen molar-refractivity contribution in [2.75, 3.05) is 18.5 Å². The number of hydrogen-bond acceptors (Lipinski definition) is 6. The van der Waals surface area contributed by atoms with Gasteiger partial charge in [-0.3, -0.25) is 4.79 Å². The van der Waals surface area contributed by atoms with E-state index < -0.39 is 0 Å². The van der Waals surface area contributed by atoms with Crippen molar-refractivity contribution in [2.24, 2.45) is 5.92 Å². The maximum atomic E-state index is 12.2. The minimum Gasteiger partial charge on any atom is -0.462 e. The number of ether oxygens (including phenoxy) is 1. The Labute approximate surface area is 156 Å². The van der Waals surface area contributed by atoms with Gasteiger partial charge in [-0.2, -0.15) is 0 Å². The monoisotopic (exact) mass is 380 g/mol. The quantitative estimate of drug-likeness (QED) is 0.673. The second-order valence-corrected chi connectivity index (χ2v) is 8.04. The second kappa shape index (κ2) is 9.12. The summed E-state index contributed by atoms with van der Waals surface area (Å²) in [5, 5.41) is 8.87. The van der Waals surface area contributed by atoms with Crippen LogP contribution in [0.25, 0.3) is 0 Å². The van der Waals surface area contributed by atoms with Gasteiger partial charge in [0.05, 0.1) is 18.2 Å². The molecule has 0 aliphatic heterocycles. The number of nitrogens with one attached hydrogen (secondary N) is 2. The van der Waals surface area contributed by atoms with Crippen molar-refractivity contribution in [1.29, 1.82) is 0 Å². The largest absolute Gasteiger partial charge is 0.462 e. The summed E-state index contributed by atoms with van der Waals surface area (Å²) in [4.78, 5) is 25.8. The highest BCUT2D eigenvalue weighted by molar-refractivity contribution is 7.18. The maximum Gasteiger partial charge on any atom is 0.348 e. The van der Waals surface area contributed by atoms with Crippen LogP contribution in [0.3, 0.4) is 0 Å². The molecule has 0 fully saturated rings. The van der Waals surface area contributed by atoms with Crippen LogP contribution in [-0.2, 0) is 9.53 Å². The van der Waals surface area contributed by atoms with Crippen LogP contribution in [0.2, 0.25) is 0 Å². The molecule has 136 valence electrons. The summed E-state index contributed by atoms with van der Waals surface area (Å²) < 4.78 is 5.02. The normalized spacial score (nSPS) is 12.2. The summed E-state index contributed by atoms with van der Waals surface area (Å²) in [6.45, 7) is 8.41. The molecule has 25 heavy (non-hydrogen) atoms. The first-order valence-electron chi connectivity index (χ1n) is 8.26. The molecule has 0 aromatic carbocycles. The van der Waals surface area contributed by atoms with Crippen LogP contribution < -0.4 is 10.6 Å². The average Bonchev–Trinajstić information content (AvgIpc) is 3.17. The van der Waals surface area contributed by atoms with Crippen molar-refractivity contribution < 1.29 is 14.3 Å². The number of aryl methyl sites for hydroxylation is 1. The standard InChI is InChI=1S/C18H24N2O3S2/c1-5-23-18(22)17-12(4)9-15(25-17)20-14(21)10-19-16(11(2)3)13-7-6-8-24-13/h6-9,11,16,19H,5,10H2,1-4H3,(H,20,21). The van der Waals surface area contributed by atoms with Crippen LogP contribution in [0.15, 0.2) is 23.6 Å². The Morgan fingerprint density at radius 3 is 2.68 bits per heavy atom. The van der Waals surface area contributed by atoms with Crippen molar-refractivity contribution in [3.05, 3.63) is 38.9 Å². The van der Waals surface area contributed by atoms with Gasteiger partial charge in [-0.25, -0.2) is 4.79 Å². The smallest absolute Gasteiger partial charge is 0.348 e. The molecule has 0 aliphatic carbocycles. The number of thiophene rings is 2. The molecule has 2 rings (SSSR count). The molecular formula is C18H24N2O3S2. The molecule has 0 bridgehead atoms. The van der Waals surface area contributed by atoms with Crippen molar-refractivity contribution in [2.45, 2.75) is 33.7 Å². The van der Waals surface area contributed by atoms with E-state index in [0.717, 1.165) is 5.56 Å². The third-order valence-corrected chi connectivity index (χ3v) is 5.73. The maximum absolute atomic E-state index is 12.2. The first kappa shape index (κ1) is 19.6. The summed E-state index contributed by atoms with van der Waals surface area (Å²) in [5.74, 6) is -0.0918. The van der Waals surface area contributed by atoms with Crippen molar-refractivity contribution in [1.82, 2.24) is 5.32 Å². The Hall–Kier alpha value is -1.70. The summed E-state index contributed by atoms with van der Waals surface area (Å²) in [6.07, 6.45) is 0. The molecule has 1 amide bonds. The molecule has 0 spiro atoms. The van der Waals surface area contributed by atoms with E-state index >= 15 is 0 Å². The van der Waals surface area contributed by atoms with E-state index in [9.17, 15) is 9.59 Å². The Morgan fingerprint density at radius 1 is 1.32 bits per heavy atom. The second-order valence-electron chi connectivity index (χ2n) is 6.01. The van der Waals surface area contributed by atoms with Gasteiger partial charge in [0.1, 0.15) is 4.88 Å². The van der Waals surface area contributed by atoms with Gasteiger partial charge in [0.25, 0.3) is 0 Å². The molecular weight excluding hydrogens is 356 g/mol. The summed E-state index contributed by atoms with van der Waals surface area (Å²) >= 11 is 2.93. The molecule has 0 aliphatic rings. The molecule has 0 radical (unpaired) electrons. The Bertz CT molecular complexity index is 708. The number of hydrogen-bond donors (Lipinski definition) is 2. The number of carbonyl (C=O) groups excluding carboxylic acids is 2. The number of carbonyl (C=O) groups is 2. The van der Waals surface area contributed by atoms with Gasteiger partial charge < -0.3 is 15.4 Å². The zero-order valence-electron chi connectivity index (χ0n) is 14.9. The van der Waals surface area contributed by atoms with E-state index in [1.807, 2.05) is 18.4 Å². The lowest BCUT2D eigenvalue weighted by Crippen LogP contribution is -2.33. The molecule has 2 aromatic heterocycles. The molecule has 7 heteroatoms. The summed E-state index contributed by atoms with van der Waals surface area (Å²) in [7, 11) is 0. The minimum absolute atomic E-state index is 0.126. The molecule has 0 saturated carbocycles. The highest BCUT2D eigenvalue weighted by Crippen LogP contribution is 2.28. The Morgan fingerprint density at radius 2 is 2.08 bits per heavy atom. The highest BCUT2D eigenvalue weighted by atomic mass is 32.1. The van der Waals surface area contributed by atoms with Crippen molar-refractivity contribution in [3.8, 4) is 0 Å². The van der Waals surface area contributed by atoms with E-state index in [1.54, 1.807) is 24.3 Å². The first-order valence-corrected chi connectivity index (χ1v) is 9.96. The van der Waals surface area contributed by atoms with E-state index in [2.05, 4.69) is 30.5 Å². The molecule has 2 N–H and O–H groups in total. The SMILES string of the molecule is CCOC(=O)c1sc(NC(=O)CNC(c2cccs2)C(C)C)cc1C. The number of rotatable bonds is 8. The third-order valence-electron chi connectivity index (χ3n) is 3.64. The molecule has 1 unspecified atom stereocenters. The van der Waals surface area contributed by atoms with E-state index in [0.29, 0.717) is 22.4 Å². The van der Waals surface area contributed by atoms with Crippen LogP contribution in [-0.4, -0.2) is 25.0 Å². The molecule has 0 saturated heterocycles. The highest BCUT2D eigenvalue weighted by Gasteiger charge is 2.19. The lowest BCUT2D eigenvalue weighted by atomic mass is 10.0. The lowest BCUT2D eigenvalue weighted by Gasteiger charge is -2.20. The fourth-order valence-corrected chi connectivity index (χ4v) is 4.42. The van der Waals surface area contributed by atoms with E-state index in [4.69, 9.17) is 4.74 Å². The van der Waals surface area contributed by atoms with Gasteiger partial charge in [0.15, 0.2) is 0 Å². The van der Waals surface area contributed by atoms with Crippen molar-refractivity contribution >= 4 is 39.6 Å². The van der Waals surface area contributed by atoms with Gasteiger partial charge in [-0.1, -0.05) is 19.9 Å². The fraction of sp³-hybridized carbons (Fsp3) is 0.444. The van der Waals surface area contributed by atoms with Crippen LogP contribution in [0.4, 0.5) is 5.00 Å². The van der Waals surface area contributed by atoms with Crippen molar-refractivity contribution in [3.63, 3.8) is 0 Å². The van der Waals surface area contributed by atoms with Gasteiger partial charge in [-0.05, 0) is 42.8 Å². The summed E-state index contributed by atoms with van der Waals surface area (Å²) in [5.41, 5.74) is 0.811. The summed E-state index contributed by atoms with van der Waals surface area (Å²) in [6, 6.07) is 6.04. The Balaban J connectivity index is 1.94. The third kappa shape index (κ3) is 5.39. The zero-order chi connectivity index (χ0) is 18.4. The fourth-order valence-electron chi connectivity index (χ4n) is 2.46. The predicted molar refractivity (Wildman–Crippen MR) is 104 cm³/mol. The predicted octanol–water partition coefficient (Wildman–Crippen LogP) is 4.22. The Kier molecular flexibility index (Phi) is 7.16. The van der Waals surface area contributed by atoms with Gasteiger partial charge in [-0.15, -0.1) is 22.7 Å². The zero-order valence-corrected chi connectivity index (χ0v) is 16.6. The minimum atomic E-state index is -0.346. The van der Waals surface area contributed by atoms with Crippen LogP contribution >= 0.6 is 22.7 Å². The van der Waals surface area contributed by atoms with Crippen LogP contribution in [0, 0.1) is 12.8 Å². The molecule has 1 atom stereocenters. The van der Waals surface area contributed by atoms with Gasteiger partial charge >= 0.3 is 5.97 Å². The number of esters is 1. The van der Waals surface area contributed by atoms with Gasteiger partial charge in [0, 0.05) is 10.9 Å². The van der Waals surface area contributed by atoms with Gasteiger partial charge in [0.2, 0.25) is 5.91 Å². The van der Waals surface area contributed by atoms with Crippen LogP contribution in [0.1, 0.15) is 46.9 Å². The number of anilines is 1. The van der Waals surface area contributed by atoms with E-state index in [1.165, 1.54) is 16.2 Å². The number of amides is 1. The van der Waals surface area contributed by atoms with Crippen LogP contribution in [0.5, 0.6) is 0 Å².